The number of aryl methyl sites for hydroxylation is 2. The van der Waals surface area contributed by atoms with Crippen molar-refractivity contribution in [2.75, 3.05) is 4.90 Å². The number of ether oxygens (including phenoxy) is 2. The van der Waals surface area contributed by atoms with Gasteiger partial charge in [0.15, 0.2) is 5.78 Å². The summed E-state index contributed by atoms with van der Waals surface area (Å²) in [6, 6.07) is 15.3. The molecule has 0 aliphatic heterocycles. The molecule has 2 unspecified atom stereocenters. The van der Waals surface area contributed by atoms with Crippen LogP contribution >= 0.6 is 11.6 Å². The molecule has 3 rings (SSSR count). The molecule has 7 nitrogen and oxygen atoms in total. The van der Waals surface area contributed by atoms with E-state index >= 15 is 0 Å². The standard InChI is InChI=1S/C27H25ClFNO6/c1-15-7-5-6-8-21(15)25(32)22-11-10-20(14-23(22)28)30(24-12-9-19(29)13-16(24)2)27(34)36-18(4)35-26(33)17(3)31/h5-14,17-18,31H,1-4H3. The molecule has 0 bridgehead atoms. The van der Waals surface area contributed by atoms with Gasteiger partial charge in [0, 0.05) is 18.1 Å². The summed E-state index contributed by atoms with van der Waals surface area (Å²) in [5.74, 6) is -1.75. The van der Waals surface area contributed by atoms with Crippen LogP contribution in [0.25, 0.3) is 0 Å². The highest BCUT2D eigenvalue weighted by atomic mass is 35.5. The summed E-state index contributed by atoms with van der Waals surface area (Å²) in [5.41, 5.74) is 2.44. The number of anilines is 2. The SMILES string of the molecule is Cc1ccccc1C(=O)c1ccc(N(C(=O)OC(C)OC(=O)C(C)O)c2ccc(F)cc2C)cc1Cl. The van der Waals surface area contributed by atoms with Gasteiger partial charge in [-0.15, -0.1) is 0 Å². The lowest BCUT2D eigenvalue weighted by atomic mass is 9.99. The first-order valence-electron chi connectivity index (χ1n) is 11.0. The maximum Gasteiger partial charge on any atom is 0.422 e. The maximum atomic E-state index is 13.8. The lowest BCUT2D eigenvalue weighted by molar-refractivity contribution is -0.173. The summed E-state index contributed by atoms with van der Waals surface area (Å²) in [6.45, 7) is 5.95. The number of carbonyl (C=O) groups is 3. The van der Waals surface area contributed by atoms with Crippen molar-refractivity contribution < 1.29 is 33.4 Å². The first-order valence-corrected chi connectivity index (χ1v) is 11.4. The molecule has 0 aliphatic carbocycles. The second-order valence-corrected chi connectivity index (χ2v) is 8.55. The molecule has 2 atom stereocenters. The largest absolute Gasteiger partial charge is 0.423 e. The fourth-order valence-corrected chi connectivity index (χ4v) is 3.75. The molecule has 1 N–H and O–H groups in total. The number of hydrogen-bond donors (Lipinski definition) is 1. The normalized spacial score (nSPS) is 12.4. The van der Waals surface area contributed by atoms with E-state index in [4.69, 9.17) is 21.1 Å². The minimum atomic E-state index is -1.40. The van der Waals surface area contributed by atoms with E-state index in [2.05, 4.69) is 0 Å². The second kappa shape index (κ2) is 11.3. The number of amides is 1. The second-order valence-electron chi connectivity index (χ2n) is 8.14. The van der Waals surface area contributed by atoms with Gasteiger partial charge in [-0.25, -0.2) is 18.9 Å². The third-order valence-electron chi connectivity index (χ3n) is 5.32. The maximum absolute atomic E-state index is 13.8. The van der Waals surface area contributed by atoms with Crippen molar-refractivity contribution in [2.24, 2.45) is 0 Å². The number of ketones is 1. The van der Waals surface area contributed by atoms with Crippen LogP contribution in [-0.4, -0.2) is 35.3 Å². The molecule has 3 aromatic carbocycles. The van der Waals surface area contributed by atoms with Crippen LogP contribution in [0.5, 0.6) is 0 Å². The molecule has 3 aromatic rings. The number of hydrogen-bond acceptors (Lipinski definition) is 6. The van der Waals surface area contributed by atoms with Gasteiger partial charge in [-0.3, -0.25) is 4.79 Å². The molecule has 188 valence electrons. The molecule has 0 fully saturated rings. The Labute approximate surface area is 213 Å². The highest BCUT2D eigenvalue weighted by molar-refractivity contribution is 6.35. The molecule has 0 saturated carbocycles. The summed E-state index contributed by atoms with van der Waals surface area (Å²) in [5, 5.41) is 9.42. The predicted octanol–water partition coefficient (Wildman–Crippen LogP) is 5.87. The molecular weight excluding hydrogens is 489 g/mol. The van der Waals surface area contributed by atoms with Crippen LogP contribution in [-0.2, 0) is 14.3 Å². The Hall–Kier alpha value is -3.75. The highest BCUT2D eigenvalue weighted by Gasteiger charge is 2.27. The van der Waals surface area contributed by atoms with Crippen molar-refractivity contribution in [1.29, 1.82) is 0 Å². The van der Waals surface area contributed by atoms with Crippen LogP contribution in [0.15, 0.2) is 60.7 Å². The first kappa shape index (κ1) is 26.8. The van der Waals surface area contributed by atoms with Crippen molar-refractivity contribution in [3.05, 3.63) is 93.8 Å². The molecule has 0 heterocycles. The van der Waals surface area contributed by atoms with Crippen LogP contribution in [0.1, 0.15) is 40.9 Å². The summed E-state index contributed by atoms with van der Waals surface area (Å²) in [4.78, 5) is 39.0. The molecule has 0 spiro atoms. The lowest BCUT2D eigenvalue weighted by Gasteiger charge is -2.26. The third kappa shape index (κ3) is 6.08. The third-order valence-corrected chi connectivity index (χ3v) is 5.63. The van der Waals surface area contributed by atoms with E-state index in [0.717, 1.165) is 10.5 Å². The van der Waals surface area contributed by atoms with Gasteiger partial charge in [0.05, 0.1) is 16.4 Å². The number of carbonyl (C=O) groups excluding carboxylic acids is 3. The Morgan fingerprint density at radius 3 is 2.22 bits per heavy atom. The van der Waals surface area contributed by atoms with Crippen LogP contribution in [0.3, 0.4) is 0 Å². The zero-order chi connectivity index (χ0) is 26.6. The molecule has 36 heavy (non-hydrogen) atoms. The van der Waals surface area contributed by atoms with E-state index < -0.39 is 30.3 Å². The Bertz CT molecular complexity index is 1310. The number of aliphatic hydroxyl groups excluding tert-OH is 1. The fourth-order valence-electron chi connectivity index (χ4n) is 3.49. The average Bonchev–Trinajstić information content (AvgIpc) is 2.80. The van der Waals surface area contributed by atoms with E-state index in [1.807, 2.05) is 19.1 Å². The number of esters is 1. The summed E-state index contributed by atoms with van der Waals surface area (Å²) >= 11 is 6.48. The molecule has 0 radical (unpaired) electrons. The van der Waals surface area contributed by atoms with E-state index in [0.29, 0.717) is 11.1 Å². The van der Waals surface area contributed by atoms with Crippen molar-refractivity contribution in [1.82, 2.24) is 0 Å². The molecule has 0 aromatic heterocycles. The van der Waals surface area contributed by atoms with Gasteiger partial charge >= 0.3 is 12.1 Å². The van der Waals surface area contributed by atoms with Gasteiger partial charge in [-0.2, -0.15) is 0 Å². The number of halogens is 2. The zero-order valence-electron chi connectivity index (χ0n) is 20.1. The van der Waals surface area contributed by atoms with Crippen LogP contribution in [0.2, 0.25) is 5.02 Å². The zero-order valence-corrected chi connectivity index (χ0v) is 20.9. The van der Waals surface area contributed by atoms with Gasteiger partial charge in [0.25, 0.3) is 0 Å². The number of nitrogens with zero attached hydrogens (tertiary/aromatic N) is 1. The minimum absolute atomic E-state index is 0.0897. The number of aliphatic hydroxyl groups is 1. The smallest absolute Gasteiger partial charge is 0.422 e. The number of benzene rings is 3. The van der Waals surface area contributed by atoms with E-state index in [9.17, 15) is 23.9 Å². The fraction of sp³-hybridized carbons (Fsp3) is 0.222. The summed E-state index contributed by atoms with van der Waals surface area (Å²) < 4.78 is 23.9. The average molecular weight is 514 g/mol. The molecule has 9 heteroatoms. The Morgan fingerprint density at radius 1 is 0.917 bits per heavy atom. The van der Waals surface area contributed by atoms with Crippen LogP contribution in [0, 0.1) is 19.7 Å². The first-order chi connectivity index (χ1) is 17.0. The summed E-state index contributed by atoms with van der Waals surface area (Å²) in [7, 11) is 0. The lowest BCUT2D eigenvalue weighted by Crippen LogP contribution is -2.33. The van der Waals surface area contributed by atoms with E-state index in [1.54, 1.807) is 19.1 Å². The van der Waals surface area contributed by atoms with Crippen molar-refractivity contribution >= 4 is 40.8 Å². The van der Waals surface area contributed by atoms with Gasteiger partial charge in [-0.05, 0) is 68.3 Å². The van der Waals surface area contributed by atoms with Crippen molar-refractivity contribution in [3.63, 3.8) is 0 Å². The summed E-state index contributed by atoms with van der Waals surface area (Å²) in [6.07, 6.45) is -3.69. The van der Waals surface area contributed by atoms with Gasteiger partial charge in [0.1, 0.15) is 11.9 Å². The quantitative estimate of drug-likeness (QED) is 0.241. The van der Waals surface area contributed by atoms with E-state index in [-0.39, 0.29) is 27.7 Å². The molecule has 0 aliphatic rings. The number of rotatable bonds is 7. The van der Waals surface area contributed by atoms with Gasteiger partial charge < -0.3 is 14.6 Å². The van der Waals surface area contributed by atoms with Gasteiger partial charge in [0.2, 0.25) is 6.29 Å². The van der Waals surface area contributed by atoms with Crippen LogP contribution < -0.4 is 4.90 Å². The van der Waals surface area contributed by atoms with Crippen molar-refractivity contribution in [2.45, 2.75) is 40.1 Å². The molecular formula is C27H25ClFNO6. The monoisotopic (exact) mass is 513 g/mol. The van der Waals surface area contributed by atoms with Crippen molar-refractivity contribution in [3.8, 4) is 0 Å². The van der Waals surface area contributed by atoms with Gasteiger partial charge in [-0.1, -0.05) is 35.9 Å². The van der Waals surface area contributed by atoms with E-state index in [1.165, 1.54) is 50.2 Å². The predicted molar refractivity (Wildman–Crippen MR) is 133 cm³/mol. The highest BCUT2D eigenvalue weighted by Crippen LogP contribution is 2.33. The molecule has 1 amide bonds. The topological polar surface area (TPSA) is 93.1 Å². The minimum Gasteiger partial charge on any atom is -0.423 e. The Balaban J connectivity index is 1.99. The Kier molecular flexibility index (Phi) is 8.45. The molecule has 0 saturated heterocycles. The Morgan fingerprint density at radius 2 is 1.61 bits per heavy atom. The van der Waals surface area contributed by atoms with Crippen LogP contribution in [0.4, 0.5) is 20.6 Å².